The molecule has 0 heterocycles. The Morgan fingerprint density at radius 1 is 1.33 bits per heavy atom. The molecule has 5 nitrogen and oxygen atoms in total. The van der Waals surface area contributed by atoms with Crippen LogP contribution in [-0.4, -0.2) is 31.3 Å². The van der Waals surface area contributed by atoms with E-state index in [9.17, 15) is 0 Å². The second kappa shape index (κ2) is 9.30. The summed E-state index contributed by atoms with van der Waals surface area (Å²) >= 11 is 0. The first-order valence-corrected chi connectivity index (χ1v) is 5.86. The van der Waals surface area contributed by atoms with E-state index in [1.807, 2.05) is 0 Å². The van der Waals surface area contributed by atoms with Crippen LogP contribution in [-0.2, 0) is 0 Å². The Balaban J connectivity index is 0.000000873. The minimum Gasteiger partial charge on any atom is -0.493 e. The zero-order chi connectivity index (χ0) is 14.0. The quantitative estimate of drug-likeness (QED) is 0.552. The molecule has 0 aliphatic carbocycles. The summed E-state index contributed by atoms with van der Waals surface area (Å²) in [6, 6.07) is 4.95. The second-order valence-electron chi connectivity index (χ2n) is 3.56. The summed E-state index contributed by atoms with van der Waals surface area (Å²) in [5, 5.41) is 15.9. The van der Waals surface area contributed by atoms with E-state index in [1.54, 1.807) is 18.2 Å². The number of nitrogen functional groups attached to an aromatic ring is 1. The molecule has 4 N–H and O–H groups in total. The van der Waals surface area contributed by atoms with E-state index in [2.05, 4.69) is 13.8 Å². The van der Waals surface area contributed by atoms with Crippen molar-refractivity contribution in [2.24, 2.45) is 5.73 Å². The Bertz CT molecular complexity index is 367. The van der Waals surface area contributed by atoms with Crippen molar-refractivity contribution in [2.75, 3.05) is 20.3 Å². The van der Waals surface area contributed by atoms with Crippen LogP contribution in [0.15, 0.2) is 18.2 Å². The third-order valence-corrected chi connectivity index (χ3v) is 1.82. The SMILES string of the molecule is CCC.COc1ccc(C(=N)N)cc1OCCO. The molecule has 1 rings (SSSR count). The maximum atomic E-state index is 8.64. The van der Waals surface area contributed by atoms with Gasteiger partial charge in [-0.15, -0.1) is 0 Å². The number of aliphatic hydroxyl groups excluding tert-OH is 1. The lowest BCUT2D eigenvalue weighted by Crippen LogP contribution is -2.11. The zero-order valence-corrected chi connectivity index (χ0v) is 11.2. The molecule has 0 fully saturated rings. The first-order valence-electron chi connectivity index (χ1n) is 5.86. The van der Waals surface area contributed by atoms with E-state index in [1.165, 1.54) is 13.5 Å². The highest BCUT2D eigenvalue weighted by Gasteiger charge is 2.06. The topological polar surface area (TPSA) is 88.6 Å². The highest BCUT2D eigenvalue weighted by atomic mass is 16.5. The van der Waals surface area contributed by atoms with Crippen molar-refractivity contribution in [3.8, 4) is 11.5 Å². The molecule has 1 aromatic rings. The molecule has 102 valence electrons. The first kappa shape index (κ1) is 16.2. The average molecular weight is 254 g/mol. The highest BCUT2D eigenvalue weighted by molar-refractivity contribution is 5.95. The van der Waals surface area contributed by atoms with Crippen molar-refractivity contribution < 1.29 is 14.6 Å². The molecule has 0 radical (unpaired) electrons. The van der Waals surface area contributed by atoms with Crippen LogP contribution in [0.5, 0.6) is 11.5 Å². The smallest absolute Gasteiger partial charge is 0.162 e. The Hall–Kier alpha value is -1.75. The van der Waals surface area contributed by atoms with Gasteiger partial charge in [0.25, 0.3) is 0 Å². The highest BCUT2D eigenvalue weighted by Crippen LogP contribution is 2.27. The van der Waals surface area contributed by atoms with Gasteiger partial charge < -0.3 is 20.3 Å². The number of amidine groups is 1. The summed E-state index contributed by atoms with van der Waals surface area (Å²) in [7, 11) is 1.52. The third kappa shape index (κ3) is 5.54. The second-order valence-corrected chi connectivity index (χ2v) is 3.56. The van der Waals surface area contributed by atoms with Gasteiger partial charge in [-0.1, -0.05) is 20.3 Å². The molecule has 0 bridgehead atoms. The van der Waals surface area contributed by atoms with Crippen LogP contribution >= 0.6 is 0 Å². The molecule has 0 saturated carbocycles. The van der Waals surface area contributed by atoms with Gasteiger partial charge in [-0.3, -0.25) is 5.41 Å². The maximum absolute atomic E-state index is 8.64. The van der Waals surface area contributed by atoms with Crippen LogP contribution in [0, 0.1) is 5.41 Å². The molecule has 1 aromatic carbocycles. The fourth-order valence-electron chi connectivity index (χ4n) is 1.11. The Morgan fingerprint density at radius 2 is 1.94 bits per heavy atom. The van der Waals surface area contributed by atoms with E-state index < -0.39 is 0 Å². The summed E-state index contributed by atoms with van der Waals surface area (Å²) in [6.45, 7) is 4.35. The lowest BCUT2D eigenvalue weighted by molar-refractivity contribution is 0.196. The van der Waals surface area contributed by atoms with Gasteiger partial charge in [-0.25, -0.2) is 0 Å². The predicted molar refractivity (Wildman–Crippen MR) is 72.6 cm³/mol. The Labute approximate surface area is 108 Å². The van der Waals surface area contributed by atoms with Crippen LogP contribution in [0.4, 0.5) is 0 Å². The van der Waals surface area contributed by atoms with Crippen molar-refractivity contribution in [3.05, 3.63) is 23.8 Å². The van der Waals surface area contributed by atoms with Gasteiger partial charge >= 0.3 is 0 Å². The van der Waals surface area contributed by atoms with Gasteiger partial charge in [0.05, 0.1) is 13.7 Å². The molecule has 0 spiro atoms. The zero-order valence-electron chi connectivity index (χ0n) is 11.2. The number of ether oxygens (including phenoxy) is 2. The van der Waals surface area contributed by atoms with Crippen LogP contribution in [0.25, 0.3) is 0 Å². The Morgan fingerprint density at radius 3 is 2.39 bits per heavy atom. The summed E-state index contributed by atoms with van der Waals surface area (Å²) in [5.41, 5.74) is 5.90. The molecule has 0 aliphatic rings. The standard InChI is InChI=1S/C10H14N2O3.C3H8/c1-14-8-3-2-7(10(11)12)6-9(8)15-5-4-13;1-3-2/h2-3,6,13H,4-5H2,1H3,(H3,11,12);3H2,1-2H3. The van der Waals surface area contributed by atoms with Crippen molar-refractivity contribution in [1.82, 2.24) is 0 Å². The molecular formula is C13H22N2O3. The maximum Gasteiger partial charge on any atom is 0.162 e. The van der Waals surface area contributed by atoms with Crippen LogP contribution in [0.1, 0.15) is 25.8 Å². The monoisotopic (exact) mass is 254 g/mol. The molecule has 0 aliphatic heterocycles. The molecule has 18 heavy (non-hydrogen) atoms. The van der Waals surface area contributed by atoms with E-state index in [-0.39, 0.29) is 19.0 Å². The third-order valence-electron chi connectivity index (χ3n) is 1.82. The largest absolute Gasteiger partial charge is 0.493 e. The predicted octanol–water partition coefficient (Wildman–Crippen LogP) is 1.77. The summed E-state index contributed by atoms with van der Waals surface area (Å²) in [4.78, 5) is 0. The van der Waals surface area contributed by atoms with Gasteiger partial charge in [0.1, 0.15) is 12.4 Å². The number of aliphatic hydroxyl groups is 1. The molecule has 0 unspecified atom stereocenters. The van der Waals surface area contributed by atoms with Gasteiger partial charge in [0.15, 0.2) is 11.5 Å². The fourth-order valence-corrected chi connectivity index (χ4v) is 1.11. The van der Waals surface area contributed by atoms with Crippen molar-refractivity contribution in [2.45, 2.75) is 20.3 Å². The van der Waals surface area contributed by atoms with Crippen LogP contribution in [0.3, 0.4) is 0 Å². The molecular weight excluding hydrogens is 232 g/mol. The number of hydrogen-bond donors (Lipinski definition) is 3. The normalized spacial score (nSPS) is 9.11. The summed E-state index contributed by atoms with van der Waals surface area (Å²) in [6.07, 6.45) is 1.25. The number of nitrogens with two attached hydrogens (primary N) is 1. The van der Waals surface area contributed by atoms with Gasteiger partial charge in [0.2, 0.25) is 0 Å². The lowest BCUT2D eigenvalue weighted by atomic mass is 10.2. The number of methoxy groups -OCH3 is 1. The molecule has 0 amide bonds. The van der Waals surface area contributed by atoms with Gasteiger partial charge in [-0.05, 0) is 18.2 Å². The summed E-state index contributed by atoms with van der Waals surface area (Å²) < 4.78 is 10.3. The molecule has 0 atom stereocenters. The van der Waals surface area contributed by atoms with E-state index >= 15 is 0 Å². The van der Waals surface area contributed by atoms with Crippen molar-refractivity contribution in [3.63, 3.8) is 0 Å². The fraction of sp³-hybridized carbons (Fsp3) is 0.462. The van der Waals surface area contributed by atoms with Crippen LogP contribution in [0.2, 0.25) is 0 Å². The number of hydrogen-bond acceptors (Lipinski definition) is 4. The summed E-state index contributed by atoms with van der Waals surface area (Å²) in [5.74, 6) is 0.985. The van der Waals surface area contributed by atoms with Gasteiger partial charge in [0, 0.05) is 5.56 Å². The minimum absolute atomic E-state index is 0.0356. The van der Waals surface area contributed by atoms with Crippen LogP contribution < -0.4 is 15.2 Å². The van der Waals surface area contributed by atoms with E-state index in [0.29, 0.717) is 17.1 Å². The first-order chi connectivity index (χ1) is 8.60. The molecule has 0 saturated heterocycles. The molecule has 0 aromatic heterocycles. The van der Waals surface area contributed by atoms with Gasteiger partial charge in [-0.2, -0.15) is 0 Å². The number of nitrogens with one attached hydrogen (secondary N) is 1. The van der Waals surface area contributed by atoms with E-state index in [4.69, 9.17) is 25.7 Å². The molecule has 5 heteroatoms. The lowest BCUT2D eigenvalue weighted by Gasteiger charge is -2.10. The minimum atomic E-state index is -0.0759. The number of rotatable bonds is 5. The average Bonchev–Trinajstić information content (AvgIpc) is 2.36. The van der Waals surface area contributed by atoms with Crippen molar-refractivity contribution in [1.29, 1.82) is 5.41 Å². The van der Waals surface area contributed by atoms with Crippen molar-refractivity contribution >= 4 is 5.84 Å². The number of benzene rings is 1. The Kier molecular flexibility index (Phi) is 8.39. The van der Waals surface area contributed by atoms with E-state index in [0.717, 1.165) is 0 Å².